The number of benzene rings is 1. The molecular weight excluding hydrogens is 369 g/mol. The van der Waals surface area contributed by atoms with E-state index < -0.39 is 0 Å². The van der Waals surface area contributed by atoms with Crippen LogP contribution >= 0.6 is 22.6 Å². The Morgan fingerprint density at radius 3 is 2.80 bits per heavy atom. The van der Waals surface area contributed by atoms with Crippen molar-refractivity contribution in [3.8, 4) is 28.7 Å². The van der Waals surface area contributed by atoms with Crippen molar-refractivity contribution in [1.82, 2.24) is 15.1 Å². The second-order valence-electron chi connectivity index (χ2n) is 4.31. The number of phenols is 1. The summed E-state index contributed by atoms with van der Waals surface area (Å²) >= 11 is 2.05. The predicted octanol–water partition coefficient (Wildman–Crippen LogP) is 3.42. The molecule has 0 spiro atoms. The standard InChI is InChI=1S/C14H10IN3O2/c1-8-4-5-16-11(6-8)13-17-14(20-18-13)9-2-3-10(15)12(19)7-9/h2-7,19H,1H3. The molecule has 1 N–H and O–H groups in total. The number of halogens is 1. The lowest BCUT2D eigenvalue weighted by molar-refractivity contribution is 0.431. The number of hydrogen-bond acceptors (Lipinski definition) is 5. The highest BCUT2D eigenvalue weighted by Gasteiger charge is 2.12. The third-order valence-corrected chi connectivity index (χ3v) is 3.68. The van der Waals surface area contributed by atoms with Gasteiger partial charge < -0.3 is 9.63 Å². The molecule has 0 saturated heterocycles. The summed E-state index contributed by atoms with van der Waals surface area (Å²) in [5.74, 6) is 0.980. The van der Waals surface area contributed by atoms with Gasteiger partial charge in [-0.25, -0.2) is 0 Å². The molecule has 3 aromatic rings. The van der Waals surface area contributed by atoms with Crippen molar-refractivity contribution >= 4 is 22.6 Å². The van der Waals surface area contributed by atoms with E-state index in [1.807, 2.05) is 25.1 Å². The Hall–Kier alpha value is -1.96. The quantitative estimate of drug-likeness (QED) is 0.691. The number of nitrogens with zero attached hydrogens (tertiary/aromatic N) is 3. The molecule has 0 aliphatic rings. The van der Waals surface area contributed by atoms with Crippen molar-refractivity contribution in [2.75, 3.05) is 0 Å². The summed E-state index contributed by atoms with van der Waals surface area (Å²) < 4.78 is 6.00. The lowest BCUT2D eigenvalue weighted by Crippen LogP contribution is -1.86. The molecule has 3 rings (SSSR count). The molecule has 1 aromatic carbocycles. The van der Waals surface area contributed by atoms with Crippen molar-refractivity contribution in [3.05, 3.63) is 45.7 Å². The van der Waals surface area contributed by atoms with E-state index in [4.69, 9.17) is 4.52 Å². The summed E-state index contributed by atoms with van der Waals surface area (Å²) in [7, 11) is 0. The molecule has 0 fully saturated rings. The molecule has 0 unspecified atom stereocenters. The highest BCUT2D eigenvalue weighted by atomic mass is 127. The van der Waals surface area contributed by atoms with Crippen molar-refractivity contribution in [2.45, 2.75) is 6.92 Å². The molecule has 0 atom stereocenters. The Bertz CT molecular complexity index is 771. The van der Waals surface area contributed by atoms with Gasteiger partial charge in [-0.05, 0) is 65.4 Å². The first-order chi connectivity index (χ1) is 9.63. The summed E-state index contributed by atoms with van der Waals surface area (Å²) in [6.07, 6.45) is 1.71. The summed E-state index contributed by atoms with van der Waals surface area (Å²) in [6.45, 7) is 1.98. The van der Waals surface area contributed by atoms with Crippen LogP contribution in [-0.2, 0) is 0 Å². The van der Waals surface area contributed by atoms with Crippen molar-refractivity contribution in [3.63, 3.8) is 0 Å². The number of aryl methyl sites for hydroxylation is 1. The molecule has 20 heavy (non-hydrogen) atoms. The van der Waals surface area contributed by atoms with Gasteiger partial charge in [0.2, 0.25) is 5.82 Å². The van der Waals surface area contributed by atoms with Gasteiger partial charge in [0.1, 0.15) is 11.4 Å². The molecule has 0 saturated carbocycles. The summed E-state index contributed by atoms with van der Waals surface area (Å²) in [6, 6.07) is 9.01. The third-order valence-electron chi connectivity index (χ3n) is 2.76. The zero-order valence-corrected chi connectivity index (χ0v) is 12.7. The number of rotatable bonds is 2. The SMILES string of the molecule is Cc1ccnc(-c2noc(-c3ccc(I)c(O)c3)n2)c1. The van der Waals surface area contributed by atoms with Crippen LogP contribution in [0.5, 0.6) is 5.75 Å². The molecule has 5 nitrogen and oxygen atoms in total. The summed E-state index contributed by atoms with van der Waals surface area (Å²) in [5, 5.41) is 13.6. The molecule has 0 radical (unpaired) electrons. The lowest BCUT2D eigenvalue weighted by atomic mass is 10.2. The normalized spacial score (nSPS) is 10.7. The molecule has 0 amide bonds. The van der Waals surface area contributed by atoms with Crippen LogP contribution in [0.1, 0.15) is 5.56 Å². The minimum Gasteiger partial charge on any atom is -0.507 e. The maximum atomic E-state index is 9.71. The molecule has 0 aliphatic carbocycles. The number of pyridine rings is 1. The van der Waals surface area contributed by atoms with Crippen LogP contribution in [-0.4, -0.2) is 20.2 Å². The first kappa shape index (κ1) is 13.0. The Morgan fingerprint density at radius 2 is 2.05 bits per heavy atom. The van der Waals surface area contributed by atoms with Crippen LogP contribution in [0.3, 0.4) is 0 Å². The second kappa shape index (κ2) is 5.20. The van der Waals surface area contributed by atoms with E-state index in [0.29, 0.717) is 23.0 Å². The van der Waals surface area contributed by atoms with Gasteiger partial charge in [-0.3, -0.25) is 4.98 Å². The van der Waals surface area contributed by atoms with E-state index in [1.165, 1.54) is 0 Å². The zero-order chi connectivity index (χ0) is 14.1. The van der Waals surface area contributed by atoms with Crippen LogP contribution in [0.25, 0.3) is 23.0 Å². The van der Waals surface area contributed by atoms with E-state index in [2.05, 4.69) is 37.7 Å². The van der Waals surface area contributed by atoms with E-state index in [1.54, 1.807) is 18.3 Å². The maximum Gasteiger partial charge on any atom is 0.258 e. The largest absolute Gasteiger partial charge is 0.507 e. The van der Waals surface area contributed by atoms with Gasteiger partial charge in [0.25, 0.3) is 5.89 Å². The molecule has 0 aliphatic heterocycles. The summed E-state index contributed by atoms with van der Waals surface area (Å²) in [4.78, 5) is 8.52. The van der Waals surface area contributed by atoms with Crippen LogP contribution in [0.2, 0.25) is 0 Å². The molecule has 100 valence electrons. The predicted molar refractivity (Wildman–Crippen MR) is 82.1 cm³/mol. The van der Waals surface area contributed by atoms with E-state index in [0.717, 1.165) is 9.13 Å². The van der Waals surface area contributed by atoms with Gasteiger partial charge in [0.05, 0.1) is 3.57 Å². The van der Waals surface area contributed by atoms with Gasteiger partial charge in [-0.1, -0.05) is 5.16 Å². The van der Waals surface area contributed by atoms with Crippen LogP contribution in [0, 0.1) is 10.5 Å². The van der Waals surface area contributed by atoms with E-state index in [-0.39, 0.29) is 5.75 Å². The van der Waals surface area contributed by atoms with Crippen molar-refractivity contribution in [2.24, 2.45) is 0 Å². The van der Waals surface area contributed by atoms with Gasteiger partial charge in [-0.15, -0.1) is 0 Å². The minimum absolute atomic E-state index is 0.191. The fourth-order valence-electron chi connectivity index (χ4n) is 1.75. The molecule has 2 heterocycles. The first-order valence-corrected chi connectivity index (χ1v) is 6.97. The average Bonchev–Trinajstić information content (AvgIpc) is 2.92. The molecule has 2 aromatic heterocycles. The minimum atomic E-state index is 0.191. The van der Waals surface area contributed by atoms with Crippen LogP contribution in [0.4, 0.5) is 0 Å². The molecule has 0 bridgehead atoms. The topological polar surface area (TPSA) is 72.0 Å². The monoisotopic (exact) mass is 379 g/mol. The van der Waals surface area contributed by atoms with Gasteiger partial charge in [-0.2, -0.15) is 4.98 Å². The Balaban J connectivity index is 1.99. The maximum absolute atomic E-state index is 9.71. The zero-order valence-electron chi connectivity index (χ0n) is 10.5. The van der Waals surface area contributed by atoms with Gasteiger partial charge in [0.15, 0.2) is 0 Å². The number of phenolic OH excluding ortho intramolecular Hbond substituents is 1. The summed E-state index contributed by atoms with van der Waals surface area (Å²) in [5.41, 5.74) is 2.41. The average molecular weight is 379 g/mol. The van der Waals surface area contributed by atoms with Gasteiger partial charge in [0, 0.05) is 11.8 Å². The highest BCUT2D eigenvalue weighted by molar-refractivity contribution is 14.1. The number of hydrogen-bond donors (Lipinski definition) is 1. The van der Waals surface area contributed by atoms with Crippen LogP contribution in [0.15, 0.2) is 41.1 Å². The van der Waals surface area contributed by atoms with Crippen molar-refractivity contribution < 1.29 is 9.63 Å². The van der Waals surface area contributed by atoms with E-state index in [9.17, 15) is 5.11 Å². The van der Waals surface area contributed by atoms with Crippen LogP contribution < -0.4 is 0 Å². The number of aromatic hydroxyl groups is 1. The van der Waals surface area contributed by atoms with Gasteiger partial charge >= 0.3 is 0 Å². The second-order valence-corrected chi connectivity index (χ2v) is 5.47. The highest BCUT2D eigenvalue weighted by Crippen LogP contribution is 2.27. The molecule has 6 heteroatoms. The smallest absolute Gasteiger partial charge is 0.258 e. The first-order valence-electron chi connectivity index (χ1n) is 5.89. The third kappa shape index (κ3) is 2.51. The number of aromatic nitrogens is 3. The van der Waals surface area contributed by atoms with E-state index >= 15 is 0 Å². The molecular formula is C14H10IN3O2. The fourth-order valence-corrected chi connectivity index (χ4v) is 2.08. The Labute approximate surface area is 128 Å². The lowest BCUT2D eigenvalue weighted by Gasteiger charge is -1.98. The Morgan fingerprint density at radius 1 is 1.20 bits per heavy atom. The fraction of sp³-hybridized carbons (Fsp3) is 0.0714. The van der Waals surface area contributed by atoms with Crippen molar-refractivity contribution in [1.29, 1.82) is 0 Å². The Kier molecular flexibility index (Phi) is 3.39.